The summed E-state index contributed by atoms with van der Waals surface area (Å²) >= 11 is 0. The number of nitrogens with zero attached hydrogens (tertiary/aromatic N) is 4. The van der Waals surface area contributed by atoms with Crippen LogP contribution in [0.2, 0.25) is 0 Å². The van der Waals surface area contributed by atoms with E-state index in [0.29, 0.717) is 11.1 Å². The summed E-state index contributed by atoms with van der Waals surface area (Å²) in [5.74, 6) is 0. The molecule has 0 fully saturated rings. The molecule has 8 aromatic rings. The minimum atomic E-state index is 0.579. The molecule has 0 aliphatic rings. The number of hydrogen-bond donors (Lipinski definition) is 0. The molecule has 44 heavy (non-hydrogen) atoms. The Hall–Kier alpha value is -6.30. The van der Waals surface area contributed by atoms with Gasteiger partial charge in [-0.3, -0.25) is 0 Å². The third-order valence-electron chi connectivity index (χ3n) is 8.44. The fraction of sp³-hybridized carbons (Fsp3) is 0.0256. The number of allylic oxidation sites excluding steroid dienone is 1. The van der Waals surface area contributed by atoms with Crippen molar-refractivity contribution in [2.24, 2.45) is 0 Å². The molecular weight excluding hydrogens is 540 g/mol. The molecule has 3 heterocycles. The van der Waals surface area contributed by atoms with Gasteiger partial charge < -0.3 is 13.6 Å². The van der Waals surface area contributed by atoms with Crippen LogP contribution in [0.15, 0.2) is 114 Å². The molecule has 5 aromatic carbocycles. The van der Waals surface area contributed by atoms with Crippen LogP contribution < -0.4 is 0 Å². The van der Waals surface area contributed by atoms with Crippen molar-refractivity contribution in [3.05, 3.63) is 132 Å². The molecule has 0 radical (unpaired) electrons. The van der Waals surface area contributed by atoms with E-state index in [4.69, 9.17) is 4.42 Å². The Labute approximate surface area is 253 Å². The van der Waals surface area contributed by atoms with Crippen molar-refractivity contribution in [3.63, 3.8) is 0 Å². The van der Waals surface area contributed by atoms with Crippen molar-refractivity contribution < 1.29 is 4.42 Å². The number of hydrogen-bond acceptors (Lipinski definition) is 3. The molecule has 0 amide bonds. The molecule has 0 aliphatic carbocycles. The van der Waals surface area contributed by atoms with Crippen LogP contribution in [-0.2, 0) is 0 Å². The van der Waals surface area contributed by atoms with Crippen molar-refractivity contribution >= 4 is 66.8 Å². The van der Waals surface area contributed by atoms with Crippen molar-refractivity contribution in [1.29, 1.82) is 10.5 Å². The maximum atomic E-state index is 9.63. The molecule has 8 rings (SSSR count). The van der Waals surface area contributed by atoms with Gasteiger partial charge in [0, 0.05) is 38.5 Å². The van der Waals surface area contributed by atoms with E-state index in [2.05, 4.69) is 76.4 Å². The molecule has 0 bridgehead atoms. The molecule has 0 atom stereocenters. The Kier molecular flexibility index (Phi) is 5.56. The van der Waals surface area contributed by atoms with Gasteiger partial charge in [0.05, 0.1) is 50.9 Å². The summed E-state index contributed by atoms with van der Waals surface area (Å²) in [7, 11) is 0. The number of para-hydroxylation sites is 1. The van der Waals surface area contributed by atoms with Crippen molar-refractivity contribution in [2.75, 3.05) is 0 Å². The molecule has 0 saturated carbocycles. The second-order valence-electron chi connectivity index (χ2n) is 10.8. The number of rotatable bonds is 4. The number of aromatic nitrogens is 2. The zero-order valence-corrected chi connectivity index (χ0v) is 23.9. The molecule has 0 N–H and O–H groups in total. The van der Waals surface area contributed by atoms with Crippen molar-refractivity contribution in [3.8, 4) is 23.5 Å². The Morgan fingerprint density at radius 3 is 2.02 bits per heavy atom. The van der Waals surface area contributed by atoms with Crippen molar-refractivity contribution in [2.45, 2.75) is 6.92 Å². The van der Waals surface area contributed by atoms with Gasteiger partial charge >= 0.3 is 0 Å². The monoisotopic (exact) mass is 564 g/mol. The molecule has 0 unspecified atom stereocenters. The van der Waals surface area contributed by atoms with Crippen LogP contribution in [0.25, 0.3) is 78.2 Å². The van der Waals surface area contributed by atoms with Crippen LogP contribution in [0.5, 0.6) is 0 Å². The summed E-state index contributed by atoms with van der Waals surface area (Å²) in [4.78, 5) is 0. The van der Waals surface area contributed by atoms with E-state index in [9.17, 15) is 10.5 Å². The average Bonchev–Trinajstić information content (AvgIpc) is 3.71. The fourth-order valence-electron chi connectivity index (χ4n) is 6.64. The summed E-state index contributed by atoms with van der Waals surface area (Å²) in [5.41, 5.74) is 9.88. The Bertz CT molecular complexity index is 2540. The second kappa shape index (κ2) is 9.63. The van der Waals surface area contributed by atoms with E-state index in [-0.39, 0.29) is 0 Å². The highest BCUT2D eigenvalue weighted by atomic mass is 16.3. The van der Waals surface area contributed by atoms with Crippen LogP contribution >= 0.6 is 0 Å². The molecule has 3 aromatic heterocycles. The van der Waals surface area contributed by atoms with E-state index < -0.39 is 0 Å². The van der Waals surface area contributed by atoms with Gasteiger partial charge in [-0.15, -0.1) is 0 Å². The Morgan fingerprint density at radius 1 is 0.682 bits per heavy atom. The maximum Gasteiger partial charge on any atom is 0.137 e. The Balaban J connectivity index is 1.48. The van der Waals surface area contributed by atoms with E-state index in [1.54, 1.807) is 0 Å². The van der Waals surface area contributed by atoms with Gasteiger partial charge in [-0.1, -0.05) is 43.0 Å². The average molecular weight is 565 g/mol. The lowest BCUT2D eigenvalue weighted by atomic mass is 10.1. The molecule has 0 spiro atoms. The summed E-state index contributed by atoms with van der Waals surface area (Å²) in [6.07, 6.45) is 6.11. The van der Waals surface area contributed by atoms with Crippen LogP contribution in [0.4, 0.5) is 0 Å². The van der Waals surface area contributed by atoms with E-state index in [1.165, 1.54) is 0 Å². The third kappa shape index (κ3) is 3.51. The fourth-order valence-corrected chi connectivity index (χ4v) is 6.64. The number of nitriles is 2. The molecule has 0 aliphatic heterocycles. The lowest BCUT2D eigenvalue weighted by molar-refractivity contribution is 0.669. The normalized spacial score (nSPS) is 11.7. The highest BCUT2D eigenvalue weighted by Crippen LogP contribution is 2.41. The summed E-state index contributed by atoms with van der Waals surface area (Å²) in [6, 6.07) is 36.8. The van der Waals surface area contributed by atoms with E-state index >= 15 is 0 Å². The van der Waals surface area contributed by atoms with Gasteiger partial charge in [-0.25, -0.2) is 0 Å². The van der Waals surface area contributed by atoms with E-state index in [0.717, 1.165) is 77.3 Å². The minimum Gasteiger partial charge on any atom is -0.456 e. The van der Waals surface area contributed by atoms with Gasteiger partial charge in [-0.05, 0) is 85.8 Å². The zero-order valence-electron chi connectivity index (χ0n) is 23.9. The maximum absolute atomic E-state index is 9.63. The zero-order chi connectivity index (χ0) is 29.9. The van der Waals surface area contributed by atoms with Gasteiger partial charge in [-0.2, -0.15) is 10.5 Å². The smallest absolute Gasteiger partial charge is 0.137 e. The highest BCUT2D eigenvalue weighted by molar-refractivity contribution is 6.20. The second-order valence-corrected chi connectivity index (χ2v) is 10.8. The first-order valence-corrected chi connectivity index (χ1v) is 14.4. The number of furan rings is 1. The van der Waals surface area contributed by atoms with Gasteiger partial charge in [0.1, 0.15) is 11.2 Å². The topological polar surface area (TPSA) is 70.6 Å². The standard InChI is InChI=1S/C39H24N4O/c1-3-8-33-28(4-2)29-15-18-37-38(30-11-5-6-12-36(30)44-37)39(29)43(33)27-10-7-9-26(21-27)42-34-16-13-24(22-40)19-31(34)32-20-25(23-41)14-17-35(32)42/h3-21H,2H2,1H3/b8-3-. The lowest BCUT2D eigenvalue weighted by Crippen LogP contribution is -2.00. The van der Waals surface area contributed by atoms with Crippen molar-refractivity contribution in [1.82, 2.24) is 9.13 Å². The predicted molar refractivity (Wildman–Crippen MR) is 179 cm³/mol. The predicted octanol–water partition coefficient (Wildman–Crippen LogP) is 10.0. The molecule has 5 nitrogen and oxygen atoms in total. The van der Waals surface area contributed by atoms with E-state index in [1.807, 2.05) is 73.7 Å². The van der Waals surface area contributed by atoms with Gasteiger partial charge in [0.25, 0.3) is 0 Å². The first kappa shape index (κ1) is 25.4. The first-order valence-electron chi connectivity index (χ1n) is 14.4. The molecule has 0 saturated heterocycles. The summed E-state index contributed by atoms with van der Waals surface area (Å²) in [6.45, 7) is 6.22. The Morgan fingerprint density at radius 2 is 1.36 bits per heavy atom. The molecular formula is C39H24N4O. The van der Waals surface area contributed by atoms with Crippen LogP contribution in [0.1, 0.15) is 29.3 Å². The quantitative estimate of drug-likeness (QED) is 0.214. The first-order chi connectivity index (χ1) is 21.6. The molecule has 206 valence electrons. The SMILES string of the molecule is C=Cc1c(/C=C\C)n(-c2cccc(-n3c4ccc(C#N)cc4c4cc(C#N)ccc43)c2)c2c1ccc1oc3ccccc3c12. The van der Waals surface area contributed by atoms with Crippen LogP contribution in [0.3, 0.4) is 0 Å². The summed E-state index contributed by atoms with van der Waals surface area (Å²) in [5, 5.41) is 24.4. The number of benzene rings is 5. The highest BCUT2D eigenvalue weighted by Gasteiger charge is 2.21. The van der Waals surface area contributed by atoms with Gasteiger partial charge in [0.15, 0.2) is 0 Å². The largest absolute Gasteiger partial charge is 0.456 e. The summed E-state index contributed by atoms with van der Waals surface area (Å²) < 4.78 is 10.8. The third-order valence-corrected chi connectivity index (χ3v) is 8.44. The van der Waals surface area contributed by atoms with Crippen LogP contribution in [0, 0.1) is 22.7 Å². The van der Waals surface area contributed by atoms with Crippen LogP contribution in [-0.4, -0.2) is 9.13 Å². The lowest BCUT2D eigenvalue weighted by Gasteiger charge is -2.14. The number of fused-ring (bicyclic) bond motifs is 8. The molecule has 5 heteroatoms. The van der Waals surface area contributed by atoms with Gasteiger partial charge in [0.2, 0.25) is 0 Å². The minimum absolute atomic E-state index is 0.579.